The van der Waals surface area contributed by atoms with Crippen molar-refractivity contribution in [2.75, 3.05) is 10.0 Å². The Labute approximate surface area is 237 Å². The molecule has 40 heavy (non-hydrogen) atoms. The van der Waals surface area contributed by atoms with Crippen molar-refractivity contribution in [3.63, 3.8) is 0 Å². The molecular weight excluding hydrogens is 554 g/mol. The summed E-state index contributed by atoms with van der Waals surface area (Å²) in [4.78, 5) is 17.8. The number of anilines is 2. The Balaban J connectivity index is 0.00000118. The van der Waals surface area contributed by atoms with Crippen molar-refractivity contribution in [3.8, 4) is 11.3 Å². The van der Waals surface area contributed by atoms with E-state index in [0.717, 1.165) is 59.8 Å². The molecule has 0 saturated heterocycles. The van der Waals surface area contributed by atoms with E-state index in [1.54, 1.807) is 29.9 Å². The molecule has 0 radical (unpaired) electrons. The zero-order valence-corrected chi connectivity index (χ0v) is 23.8. The Bertz CT molecular complexity index is 1600. The fourth-order valence-corrected chi connectivity index (χ4v) is 6.30. The molecule has 1 saturated carbocycles. The van der Waals surface area contributed by atoms with Crippen LogP contribution in [0.3, 0.4) is 0 Å². The zero-order valence-electron chi connectivity index (χ0n) is 22.2. The predicted octanol–water partition coefficient (Wildman–Crippen LogP) is 4.43. The van der Waals surface area contributed by atoms with Gasteiger partial charge in [0.05, 0.1) is 16.2 Å². The Kier molecular flexibility index (Phi) is 9.23. The van der Waals surface area contributed by atoms with E-state index in [4.69, 9.17) is 32.2 Å². The van der Waals surface area contributed by atoms with Gasteiger partial charge >= 0.3 is 0 Å². The van der Waals surface area contributed by atoms with Gasteiger partial charge < -0.3 is 16.2 Å². The molecule has 0 amide bonds. The molecule has 0 atom stereocenters. The Morgan fingerprint density at radius 3 is 2.55 bits per heavy atom. The van der Waals surface area contributed by atoms with Gasteiger partial charge in [-0.2, -0.15) is 5.10 Å². The third-order valence-electron chi connectivity index (χ3n) is 6.79. The maximum atomic E-state index is 12.9. The first kappa shape index (κ1) is 29.2. The molecule has 0 aliphatic heterocycles. The SMILES string of the molecule is CCc1cc(-c2cc(NS(=O)(=O)c3ccccc3Cl)nn2C)cc2cnc(NC3CCC(N)CC3)nc12.O=CO. The quantitative estimate of drug-likeness (QED) is 0.229. The first-order chi connectivity index (χ1) is 19.1. The maximum Gasteiger partial charge on any atom is 0.290 e. The number of fused-ring (bicyclic) bond motifs is 1. The minimum atomic E-state index is -3.89. The third-order valence-corrected chi connectivity index (χ3v) is 8.64. The first-order valence-corrected chi connectivity index (χ1v) is 14.7. The van der Waals surface area contributed by atoms with Crippen molar-refractivity contribution in [2.45, 2.75) is 56.0 Å². The number of rotatable bonds is 7. The van der Waals surface area contributed by atoms with E-state index in [2.05, 4.69) is 33.1 Å². The summed E-state index contributed by atoms with van der Waals surface area (Å²) < 4.78 is 29.9. The molecule has 13 heteroatoms. The van der Waals surface area contributed by atoms with Crippen molar-refractivity contribution >= 4 is 50.8 Å². The molecule has 0 unspecified atom stereocenters. The Hall–Kier alpha value is -3.74. The van der Waals surface area contributed by atoms with E-state index < -0.39 is 10.0 Å². The monoisotopic (exact) mass is 585 g/mol. The van der Waals surface area contributed by atoms with Gasteiger partial charge in [0.25, 0.3) is 16.5 Å². The largest absolute Gasteiger partial charge is 0.483 e. The minimum Gasteiger partial charge on any atom is -0.483 e. The second-order valence-electron chi connectivity index (χ2n) is 9.56. The van der Waals surface area contributed by atoms with Crippen LogP contribution < -0.4 is 15.8 Å². The number of carboxylic acid groups (broad SMARTS) is 1. The number of sulfonamides is 1. The van der Waals surface area contributed by atoms with Crippen molar-refractivity contribution in [3.05, 3.63) is 59.2 Å². The molecule has 0 spiro atoms. The number of nitrogens with one attached hydrogen (secondary N) is 2. The van der Waals surface area contributed by atoms with Gasteiger partial charge in [-0.05, 0) is 61.9 Å². The lowest BCUT2D eigenvalue weighted by Crippen LogP contribution is -2.33. The number of hydrogen-bond donors (Lipinski definition) is 4. The number of nitrogens with two attached hydrogens (primary N) is 1. The van der Waals surface area contributed by atoms with Crippen LogP contribution in [0.4, 0.5) is 11.8 Å². The van der Waals surface area contributed by atoms with Gasteiger partial charge in [0.1, 0.15) is 4.90 Å². The van der Waals surface area contributed by atoms with Crippen molar-refractivity contribution in [2.24, 2.45) is 12.8 Å². The number of halogens is 1. The van der Waals surface area contributed by atoms with Crippen LogP contribution in [0, 0.1) is 0 Å². The molecule has 5 rings (SSSR count). The van der Waals surface area contributed by atoms with Gasteiger partial charge in [-0.15, -0.1) is 0 Å². The van der Waals surface area contributed by atoms with Crippen LogP contribution in [-0.4, -0.2) is 51.8 Å². The molecule has 2 aromatic heterocycles. The van der Waals surface area contributed by atoms with E-state index in [-0.39, 0.29) is 22.2 Å². The van der Waals surface area contributed by atoms with Crippen LogP contribution in [0.2, 0.25) is 5.02 Å². The van der Waals surface area contributed by atoms with Crippen molar-refractivity contribution < 1.29 is 18.3 Å². The van der Waals surface area contributed by atoms with Crippen molar-refractivity contribution in [1.29, 1.82) is 0 Å². The van der Waals surface area contributed by atoms with Gasteiger partial charge in [0.2, 0.25) is 5.95 Å². The van der Waals surface area contributed by atoms with E-state index in [9.17, 15) is 8.42 Å². The van der Waals surface area contributed by atoms with Crippen molar-refractivity contribution in [1.82, 2.24) is 19.7 Å². The second kappa shape index (κ2) is 12.6. The van der Waals surface area contributed by atoms with Crippen LogP contribution in [0.15, 0.2) is 53.6 Å². The van der Waals surface area contributed by atoms with Crippen LogP contribution in [-0.2, 0) is 28.3 Å². The average molecular weight is 586 g/mol. The molecule has 1 aliphatic carbocycles. The van der Waals surface area contributed by atoms with E-state index in [1.807, 2.05) is 12.3 Å². The normalized spacial score (nSPS) is 17.1. The number of nitrogens with zero attached hydrogens (tertiary/aromatic N) is 4. The molecule has 1 aliphatic rings. The van der Waals surface area contributed by atoms with E-state index in [1.165, 1.54) is 12.1 Å². The number of benzene rings is 2. The molecule has 2 aromatic carbocycles. The smallest absolute Gasteiger partial charge is 0.290 e. The van der Waals surface area contributed by atoms with Crippen LogP contribution in [0.5, 0.6) is 0 Å². The van der Waals surface area contributed by atoms with E-state index in [0.29, 0.717) is 18.0 Å². The molecule has 4 aromatic rings. The summed E-state index contributed by atoms with van der Waals surface area (Å²) in [5, 5.41) is 15.8. The number of hydrogen-bond acceptors (Lipinski definition) is 8. The van der Waals surface area contributed by atoms with Gasteiger partial charge in [0.15, 0.2) is 5.82 Å². The molecule has 212 valence electrons. The summed E-state index contributed by atoms with van der Waals surface area (Å²) in [7, 11) is -2.11. The van der Waals surface area contributed by atoms with Gasteiger partial charge in [0, 0.05) is 42.3 Å². The highest BCUT2D eigenvalue weighted by atomic mass is 35.5. The Morgan fingerprint density at radius 2 is 1.88 bits per heavy atom. The first-order valence-electron chi connectivity index (χ1n) is 12.9. The summed E-state index contributed by atoms with van der Waals surface area (Å²) >= 11 is 6.10. The molecule has 0 bridgehead atoms. The number of aryl methyl sites for hydroxylation is 2. The van der Waals surface area contributed by atoms with Crippen LogP contribution in [0.25, 0.3) is 22.2 Å². The summed E-state index contributed by atoms with van der Waals surface area (Å²) in [6.45, 7) is 1.84. The van der Waals surface area contributed by atoms with Crippen LogP contribution >= 0.6 is 11.6 Å². The van der Waals surface area contributed by atoms with Gasteiger partial charge in [-0.3, -0.25) is 14.2 Å². The highest BCUT2D eigenvalue weighted by molar-refractivity contribution is 7.92. The molecule has 11 nitrogen and oxygen atoms in total. The van der Waals surface area contributed by atoms with Gasteiger partial charge in [-0.25, -0.2) is 18.4 Å². The number of aromatic nitrogens is 4. The van der Waals surface area contributed by atoms with Gasteiger partial charge in [-0.1, -0.05) is 30.7 Å². The summed E-state index contributed by atoms with van der Waals surface area (Å²) in [5.41, 5.74) is 9.66. The highest BCUT2D eigenvalue weighted by Crippen LogP contribution is 2.30. The maximum absolute atomic E-state index is 12.9. The summed E-state index contributed by atoms with van der Waals surface area (Å²) in [6.07, 6.45) is 6.67. The molecular formula is C27H32ClN7O4S. The summed E-state index contributed by atoms with van der Waals surface area (Å²) in [5.74, 6) is 0.839. The average Bonchev–Trinajstić information content (AvgIpc) is 3.29. The fourth-order valence-electron chi connectivity index (χ4n) is 4.79. The fraction of sp³-hybridized carbons (Fsp3) is 0.333. The minimum absolute atomic E-state index is 0.000443. The lowest BCUT2D eigenvalue weighted by Gasteiger charge is -2.26. The molecule has 2 heterocycles. The molecule has 5 N–H and O–H groups in total. The number of carbonyl (C=O) groups is 1. The standard InChI is InChI=1S/C26H30ClN7O2S.CH2O2/c1-3-16-12-17(13-18-15-29-26(31-25(16)18)30-20-10-8-19(28)9-11-20)22-14-24(32-34(22)2)33-37(35,36)23-7-5-4-6-21(23)27;2-1-3/h4-7,12-15,19-20H,3,8-11,28H2,1-2H3,(H,32,33)(H,29,30,31);1H,(H,2,3). The second-order valence-corrected chi connectivity index (χ2v) is 11.6. The topological polar surface area (TPSA) is 165 Å². The molecule has 1 fully saturated rings. The lowest BCUT2D eigenvalue weighted by atomic mass is 9.92. The summed E-state index contributed by atoms with van der Waals surface area (Å²) in [6, 6.07) is 12.7. The van der Waals surface area contributed by atoms with E-state index >= 15 is 0 Å². The highest BCUT2D eigenvalue weighted by Gasteiger charge is 2.21. The lowest BCUT2D eigenvalue weighted by molar-refractivity contribution is -0.122. The zero-order chi connectivity index (χ0) is 28.9. The Morgan fingerprint density at radius 1 is 1.18 bits per heavy atom. The predicted molar refractivity (Wildman–Crippen MR) is 156 cm³/mol. The third kappa shape index (κ3) is 6.69. The van der Waals surface area contributed by atoms with Crippen LogP contribution in [0.1, 0.15) is 38.2 Å².